The van der Waals surface area contributed by atoms with Crippen LogP contribution in [0.3, 0.4) is 0 Å². The topological polar surface area (TPSA) is 101 Å². The van der Waals surface area contributed by atoms with Crippen LogP contribution in [0, 0.1) is 0 Å². The van der Waals surface area contributed by atoms with E-state index in [0.717, 1.165) is 0 Å². The minimum Gasteiger partial charge on any atom is -0.468 e. The molecule has 1 rings (SSSR count). The highest BCUT2D eigenvalue weighted by Crippen LogP contribution is 2.06. The van der Waals surface area contributed by atoms with Gasteiger partial charge in [0.25, 0.3) is 0 Å². The molecule has 0 saturated carbocycles. The van der Waals surface area contributed by atoms with E-state index in [4.69, 9.17) is 0 Å². The van der Waals surface area contributed by atoms with Gasteiger partial charge in [-0.2, -0.15) is 5.10 Å². The first-order chi connectivity index (χ1) is 7.47. The molecule has 0 aliphatic rings. The SMILES string of the molecule is COC(=O)C(Br)CNS(=O)(=O)c1cn[nH]c1. The van der Waals surface area contributed by atoms with Gasteiger partial charge in [0.2, 0.25) is 10.0 Å². The summed E-state index contributed by atoms with van der Waals surface area (Å²) < 4.78 is 29.8. The normalized spacial score (nSPS) is 13.4. The Hall–Kier alpha value is -0.930. The van der Waals surface area contributed by atoms with E-state index in [1.807, 2.05) is 0 Å². The lowest BCUT2D eigenvalue weighted by Gasteiger charge is -2.08. The molecule has 0 amide bonds. The number of H-pyrrole nitrogens is 1. The summed E-state index contributed by atoms with van der Waals surface area (Å²) >= 11 is 2.99. The maximum absolute atomic E-state index is 11.6. The highest BCUT2D eigenvalue weighted by molar-refractivity contribution is 9.10. The van der Waals surface area contributed by atoms with Gasteiger partial charge in [0.15, 0.2) is 0 Å². The molecule has 2 N–H and O–H groups in total. The summed E-state index contributed by atoms with van der Waals surface area (Å²) in [6, 6.07) is 0. The first kappa shape index (κ1) is 13.1. The Labute approximate surface area is 101 Å². The number of esters is 1. The van der Waals surface area contributed by atoms with Crippen molar-refractivity contribution in [1.29, 1.82) is 0 Å². The number of carbonyl (C=O) groups is 1. The number of nitrogens with one attached hydrogen (secondary N) is 2. The Morgan fingerprint density at radius 1 is 1.75 bits per heavy atom. The van der Waals surface area contributed by atoms with E-state index in [1.165, 1.54) is 19.5 Å². The van der Waals surface area contributed by atoms with Crippen molar-refractivity contribution in [2.75, 3.05) is 13.7 Å². The average molecular weight is 312 g/mol. The molecular formula is C7H10BrN3O4S. The molecule has 16 heavy (non-hydrogen) atoms. The number of ether oxygens (including phenoxy) is 1. The van der Waals surface area contributed by atoms with Gasteiger partial charge in [-0.15, -0.1) is 0 Å². The predicted octanol–water partition coefficient (Wildman–Crippen LogP) is -0.376. The van der Waals surface area contributed by atoms with Gasteiger partial charge in [-0.05, 0) is 0 Å². The van der Waals surface area contributed by atoms with Crippen LogP contribution in [0.25, 0.3) is 0 Å². The molecule has 0 bridgehead atoms. The molecule has 0 fully saturated rings. The zero-order valence-electron chi connectivity index (χ0n) is 8.31. The van der Waals surface area contributed by atoms with Gasteiger partial charge in [-0.1, -0.05) is 15.9 Å². The third-order valence-electron chi connectivity index (χ3n) is 1.69. The number of sulfonamides is 1. The van der Waals surface area contributed by atoms with E-state index < -0.39 is 20.8 Å². The molecular weight excluding hydrogens is 302 g/mol. The van der Waals surface area contributed by atoms with Crippen LogP contribution in [0.1, 0.15) is 0 Å². The van der Waals surface area contributed by atoms with E-state index in [9.17, 15) is 13.2 Å². The van der Waals surface area contributed by atoms with Crippen LogP contribution in [-0.4, -0.2) is 43.1 Å². The van der Waals surface area contributed by atoms with Gasteiger partial charge in [0.05, 0.1) is 13.3 Å². The van der Waals surface area contributed by atoms with Gasteiger partial charge in [0.1, 0.15) is 9.72 Å². The first-order valence-corrected chi connectivity index (χ1v) is 6.57. The minimum absolute atomic E-state index is 0.0112. The van der Waals surface area contributed by atoms with Crippen molar-refractivity contribution in [2.24, 2.45) is 0 Å². The van der Waals surface area contributed by atoms with Crippen LogP contribution in [0.15, 0.2) is 17.3 Å². The molecule has 90 valence electrons. The summed E-state index contributed by atoms with van der Waals surface area (Å²) in [5.74, 6) is -0.546. The number of nitrogens with zero attached hydrogens (tertiary/aromatic N) is 1. The molecule has 0 saturated heterocycles. The molecule has 0 spiro atoms. The van der Waals surface area contributed by atoms with Crippen LogP contribution in [-0.2, 0) is 19.6 Å². The molecule has 9 heteroatoms. The van der Waals surface area contributed by atoms with E-state index in [0.29, 0.717) is 0 Å². The molecule has 1 atom stereocenters. The largest absolute Gasteiger partial charge is 0.468 e. The number of methoxy groups -OCH3 is 1. The third kappa shape index (κ3) is 3.29. The Morgan fingerprint density at radius 2 is 2.44 bits per heavy atom. The third-order valence-corrected chi connectivity index (χ3v) is 3.78. The van der Waals surface area contributed by atoms with Crippen molar-refractivity contribution in [3.8, 4) is 0 Å². The Kier molecular flexibility index (Phi) is 4.44. The van der Waals surface area contributed by atoms with E-state index >= 15 is 0 Å². The van der Waals surface area contributed by atoms with Crippen LogP contribution < -0.4 is 4.72 Å². The van der Waals surface area contributed by atoms with Crippen LogP contribution in [0.4, 0.5) is 0 Å². The van der Waals surface area contributed by atoms with Crippen molar-refractivity contribution in [2.45, 2.75) is 9.72 Å². The Balaban J connectivity index is 2.59. The lowest BCUT2D eigenvalue weighted by Crippen LogP contribution is -2.33. The number of alkyl halides is 1. The second-order valence-corrected chi connectivity index (χ2v) is 5.65. The fraction of sp³-hybridized carbons (Fsp3) is 0.429. The second-order valence-electron chi connectivity index (χ2n) is 2.78. The summed E-state index contributed by atoms with van der Waals surface area (Å²) in [6.07, 6.45) is 2.41. The smallest absolute Gasteiger partial charge is 0.320 e. The number of hydrogen-bond donors (Lipinski definition) is 2. The average Bonchev–Trinajstić information content (AvgIpc) is 2.78. The predicted molar refractivity (Wildman–Crippen MR) is 58.5 cm³/mol. The number of carbonyl (C=O) groups excluding carboxylic acids is 1. The van der Waals surface area contributed by atoms with E-state index in [2.05, 4.69) is 35.6 Å². The minimum atomic E-state index is -3.64. The summed E-state index contributed by atoms with van der Waals surface area (Å²) in [7, 11) is -2.41. The lowest BCUT2D eigenvalue weighted by molar-refractivity contribution is -0.139. The van der Waals surface area contributed by atoms with Gasteiger partial charge in [-0.25, -0.2) is 13.1 Å². The van der Waals surface area contributed by atoms with Crippen molar-refractivity contribution < 1.29 is 17.9 Å². The van der Waals surface area contributed by atoms with Gasteiger partial charge >= 0.3 is 5.97 Å². The number of halogens is 1. The standard InChI is InChI=1S/C7H10BrN3O4S/c1-15-7(12)6(8)4-11-16(13,14)5-2-9-10-3-5/h2-3,6,11H,4H2,1H3,(H,9,10). The highest BCUT2D eigenvalue weighted by Gasteiger charge is 2.20. The molecule has 1 aromatic rings. The monoisotopic (exact) mass is 311 g/mol. The fourth-order valence-corrected chi connectivity index (χ4v) is 2.38. The molecule has 0 radical (unpaired) electrons. The van der Waals surface area contributed by atoms with Gasteiger partial charge < -0.3 is 4.74 Å². The zero-order chi connectivity index (χ0) is 12.2. The molecule has 7 nitrogen and oxygen atoms in total. The van der Waals surface area contributed by atoms with Gasteiger partial charge in [0, 0.05) is 12.7 Å². The summed E-state index contributed by atoms with van der Waals surface area (Å²) in [4.78, 5) is 10.3. The number of aromatic amines is 1. The van der Waals surface area contributed by atoms with Crippen molar-refractivity contribution in [3.63, 3.8) is 0 Å². The number of hydrogen-bond acceptors (Lipinski definition) is 5. The van der Waals surface area contributed by atoms with E-state index in [1.54, 1.807) is 0 Å². The fourth-order valence-electron chi connectivity index (χ4n) is 0.863. The summed E-state index contributed by atoms with van der Waals surface area (Å²) in [5, 5.41) is 5.90. The maximum atomic E-state index is 11.6. The van der Waals surface area contributed by atoms with Crippen LogP contribution >= 0.6 is 15.9 Å². The van der Waals surface area contributed by atoms with Crippen molar-refractivity contribution in [1.82, 2.24) is 14.9 Å². The molecule has 0 aromatic carbocycles. The zero-order valence-corrected chi connectivity index (χ0v) is 10.7. The second kappa shape index (κ2) is 5.41. The summed E-state index contributed by atoms with van der Waals surface area (Å²) in [5.41, 5.74) is 0. The Bertz CT molecular complexity index is 444. The molecule has 1 aromatic heterocycles. The molecule has 0 aliphatic carbocycles. The maximum Gasteiger partial charge on any atom is 0.320 e. The first-order valence-electron chi connectivity index (χ1n) is 4.17. The molecule has 1 heterocycles. The van der Waals surface area contributed by atoms with E-state index in [-0.39, 0.29) is 11.4 Å². The van der Waals surface area contributed by atoms with Gasteiger partial charge in [-0.3, -0.25) is 9.89 Å². The van der Waals surface area contributed by atoms with Crippen molar-refractivity contribution in [3.05, 3.63) is 12.4 Å². The quantitative estimate of drug-likeness (QED) is 0.570. The highest BCUT2D eigenvalue weighted by atomic mass is 79.9. The molecule has 1 unspecified atom stereocenters. The summed E-state index contributed by atoms with van der Waals surface area (Å²) in [6.45, 7) is -0.0970. The molecule has 0 aliphatic heterocycles. The van der Waals surface area contributed by atoms with Crippen LogP contribution in [0.5, 0.6) is 0 Å². The Morgan fingerprint density at radius 3 is 2.94 bits per heavy atom. The number of rotatable bonds is 5. The lowest BCUT2D eigenvalue weighted by atomic mass is 10.4. The van der Waals surface area contributed by atoms with Crippen molar-refractivity contribution >= 4 is 31.9 Å². The van der Waals surface area contributed by atoms with Crippen LogP contribution in [0.2, 0.25) is 0 Å². The number of aromatic nitrogens is 2.